The van der Waals surface area contributed by atoms with Crippen LogP contribution in [-0.2, 0) is 0 Å². The first-order chi connectivity index (χ1) is 6.95. The molecule has 0 heterocycles. The molecule has 0 aliphatic rings. The molecule has 0 bridgehead atoms. The van der Waals surface area contributed by atoms with Crippen LogP contribution < -0.4 is 0 Å². The van der Waals surface area contributed by atoms with Gasteiger partial charge in [-0.2, -0.15) is 0 Å². The van der Waals surface area contributed by atoms with E-state index in [2.05, 4.69) is 5.92 Å². The Morgan fingerprint density at radius 2 is 1.33 bits per heavy atom. The van der Waals surface area contributed by atoms with Crippen LogP contribution in [0.2, 0.25) is 0 Å². The minimum atomic E-state index is -1.78. The molecule has 0 rings (SSSR count). The number of rotatable bonds is 6. The molecule has 0 fully saturated rings. The molecule has 6 nitrogen and oxygen atoms in total. The van der Waals surface area contributed by atoms with Gasteiger partial charge < -0.3 is 30.6 Å². The van der Waals surface area contributed by atoms with Gasteiger partial charge in [0, 0.05) is 6.42 Å². The molecular formula is C9H16O6. The average molecular weight is 220 g/mol. The van der Waals surface area contributed by atoms with Crippen molar-refractivity contribution in [3.63, 3.8) is 0 Å². The van der Waals surface area contributed by atoms with Gasteiger partial charge in [-0.3, -0.25) is 0 Å². The lowest BCUT2D eigenvalue weighted by Crippen LogP contribution is -2.49. The van der Waals surface area contributed by atoms with Crippen molar-refractivity contribution in [3.05, 3.63) is 0 Å². The van der Waals surface area contributed by atoms with E-state index in [0.29, 0.717) is 0 Å². The average Bonchev–Trinajstić information content (AvgIpc) is 2.25. The van der Waals surface area contributed by atoms with Crippen molar-refractivity contribution in [3.8, 4) is 12.3 Å². The van der Waals surface area contributed by atoms with Crippen molar-refractivity contribution in [1.82, 2.24) is 0 Å². The third-order valence-corrected chi connectivity index (χ3v) is 2.00. The Balaban J connectivity index is 4.30. The molecule has 15 heavy (non-hydrogen) atoms. The highest BCUT2D eigenvalue weighted by Crippen LogP contribution is 2.10. The molecule has 0 aromatic heterocycles. The second-order valence-corrected chi connectivity index (χ2v) is 3.20. The largest absolute Gasteiger partial charge is 0.394 e. The Hall–Kier alpha value is -0.680. The molecule has 0 radical (unpaired) electrons. The Morgan fingerprint density at radius 3 is 1.73 bits per heavy atom. The first-order valence-corrected chi connectivity index (χ1v) is 4.40. The van der Waals surface area contributed by atoms with Gasteiger partial charge in [0.25, 0.3) is 0 Å². The van der Waals surface area contributed by atoms with E-state index in [4.69, 9.17) is 16.6 Å². The maximum absolute atomic E-state index is 9.29. The monoisotopic (exact) mass is 220 g/mol. The van der Waals surface area contributed by atoms with Crippen LogP contribution >= 0.6 is 0 Å². The van der Waals surface area contributed by atoms with Crippen LogP contribution in [0.5, 0.6) is 0 Å². The highest BCUT2D eigenvalue weighted by molar-refractivity contribution is 4.92. The zero-order valence-corrected chi connectivity index (χ0v) is 8.06. The second-order valence-electron chi connectivity index (χ2n) is 3.20. The van der Waals surface area contributed by atoms with Gasteiger partial charge in [-0.05, 0) is 0 Å². The highest BCUT2D eigenvalue weighted by atomic mass is 16.4. The topological polar surface area (TPSA) is 121 Å². The molecule has 5 atom stereocenters. The molecule has 0 aromatic carbocycles. The van der Waals surface area contributed by atoms with Gasteiger partial charge >= 0.3 is 0 Å². The van der Waals surface area contributed by atoms with Crippen molar-refractivity contribution in [2.45, 2.75) is 36.9 Å². The quantitative estimate of drug-likeness (QED) is 0.262. The lowest BCUT2D eigenvalue weighted by molar-refractivity contribution is -0.139. The summed E-state index contributed by atoms with van der Waals surface area (Å²) < 4.78 is 0. The molecule has 6 N–H and O–H groups in total. The fourth-order valence-electron chi connectivity index (χ4n) is 1.01. The van der Waals surface area contributed by atoms with Gasteiger partial charge in [-0.25, -0.2) is 0 Å². The summed E-state index contributed by atoms with van der Waals surface area (Å²) in [6, 6.07) is 0. The van der Waals surface area contributed by atoms with Gasteiger partial charge in [-0.1, -0.05) is 0 Å². The molecule has 0 saturated heterocycles. The molecule has 0 amide bonds. The fourth-order valence-corrected chi connectivity index (χ4v) is 1.01. The molecular weight excluding hydrogens is 204 g/mol. The van der Waals surface area contributed by atoms with Crippen LogP contribution in [0.3, 0.4) is 0 Å². The lowest BCUT2D eigenvalue weighted by atomic mass is 9.98. The molecule has 6 heteroatoms. The van der Waals surface area contributed by atoms with Crippen LogP contribution in [0.4, 0.5) is 0 Å². The molecule has 0 unspecified atom stereocenters. The SMILES string of the molecule is C#CC[C@H](O)[C@@H](O)[C@@H](O)[C@H](O)[C@H](O)CO. The van der Waals surface area contributed by atoms with E-state index in [1.165, 1.54) is 0 Å². The Kier molecular flexibility index (Phi) is 6.43. The van der Waals surface area contributed by atoms with Crippen LogP contribution in [0.25, 0.3) is 0 Å². The molecule has 0 aromatic rings. The van der Waals surface area contributed by atoms with Crippen LogP contribution in [0.15, 0.2) is 0 Å². The van der Waals surface area contributed by atoms with Crippen LogP contribution in [-0.4, -0.2) is 67.8 Å². The normalized spacial score (nSPS) is 21.1. The zero-order chi connectivity index (χ0) is 12.0. The van der Waals surface area contributed by atoms with E-state index in [1.807, 2.05) is 0 Å². The molecule has 88 valence electrons. The first-order valence-electron chi connectivity index (χ1n) is 4.40. The van der Waals surface area contributed by atoms with E-state index in [1.54, 1.807) is 0 Å². The Morgan fingerprint density at radius 1 is 0.867 bits per heavy atom. The number of hydrogen-bond acceptors (Lipinski definition) is 6. The van der Waals surface area contributed by atoms with Crippen molar-refractivity contribution < 1.29 is 30.6 Å². The van der Waals surface area contributed by atoms with Crippen molar-refractivity contribution in [2.24, 2.45) is 0 Å². The van der Waals surface area contributed by atoms with E-state index < -0.39 is 37.1 Å². The van der Waals surface area contributed by atoms with Gasteiger partial charge in [0.15, 0.2) is 0 Å². The van der Waals surface area contributed by atoms with Gasteiger partial charge in [0.05, 0.1) is 12.7 Å². The highest BCUT2D eigenvalue weighted by Gasteiger charge is 2.33. The van der Waals surface area contributed by atoms with E-state index >= 15 is 0 Å². The molecule has 0 aliphatic carbocycles. The molecule has 0 aliphatic heterocycles. The number of aliphatic hydroxyl groups is 6. The Labute approximate surface area is 87.4 Å². The van der Waals surface area contributed by atoms with Gasteiger partial charge in [-0.15, -0.1) is 12.3 Å². The second kappa shape index (κ2) is 6.74. The predicted molar refractivity (Wildman–Crippen MR) is 50.6 cm³/mol. The minimum Gasteiger partial charge on any atom is -0.394 e. The summed E-state index contributed by atoms with van der Waals surface area (Å²) in [6.07, 6.45) is -3.52. The molecule has 0 spiro atoms. The van der Waals surface area contributed by atoms with Crippen molar-refractivity contribution in [2.75, 3.05) is 6.61 Å². The standard InChI is InChI=1S/C9H16O6/c1-2-3-5(11)7(13)9(15)8(14)6(12)4-10/h1,5-15H,3-4H2/t5-,6+,7+,8+,9+/m0/s1. The summed E-state index contributed by atoms with van der Waals surface area (Å²) in [5, 5.41) is 54.4. The predicted octanol–water partition coefficient (Wildman–Crippen LogP) is -3.19. The van der Waals surface area contributed by atoms with Crippen molar-refractivity contribution in [1.29, 1.82) is 0 Å². The number of aliphatic hydroxyl groups excluding tert-OH is 6. The summed E-state index contributed by atoms with van der Waals surface area (Å²) in [7, 11) is 0. The van der Waals surface area contributed by atoms with E-state index in [9.17, 15) is 20.4 Å². The lowest BCUT2D eigenvalue weighted by Gasteiger charge is -2.27. The number of terminal acetylenes is 1. The molecule has 0 saturated carbocycles. The summed E-state index contributed by atoms with van der Waals surface area (Å²) in [5.74, 6) is 2.07. The minimum absolute atomic E-state index is 0.194. The van der Waals surface area contributed by atoms with Crippen LogP contribution in [0.1, 0.15) is 6.42 Å². The van der Waals surface area contributed by atoms with Gasteiger partial charge in [0.1, 0.15) is 24.4 Å². The van der Waals surface area contributed by atoms with Crippen LogP contribution in [0, 0.1) is 12.3 Å². The third-order valence-electron chi connectivity index (χ3n) is 2.00. The van der Waals surface area contributed by atoms with E-state index in [0.717, 1.165) is 0 Å². The zero-order valence-electron chi connectivity index (χ0n) is 8.06. The van der Waals surface area contributed by atoms with Gasteiger partial charge in [0.2, 0.25) is 0 Å². The maximum atomic E-state index is 9.29. The third kappa shape index (κ3) is 4.13. The maximum Gasteiger partial charge on any atom is 0.111 e. The summed E-state index contributed by atoms with van der Waals surface area (Å²) in [6.45, 7) is -0.768. The Bertz CT molecular complexity index is 213. The summed E-state index contributed by atoms with van der Waals surface area (Å²) >= 11 is 0. The fraction of sp³-hybridized carbons (Fsp3) is 0.778. The summed E-state index contributed by atoms with van der Waals surface area (Å²) in [4.78, 5) is 0. The van der Waals surface area contributed by atoms with Crippen molar-refractivity contribution >= 4 is 0 Å². The first kappa shape index (κ1) is 14.3. The number of hydrogen-bond donors (Lipinski definition) is 6. The smallest absolute Gasteiger partial charge is 0.111 e. The van der Waals surface area contributed by atoms with E-state index in [-0.39, 0.29) is 6.42 Å². The summed E-state index contributed by atoms with van der Waals surface area (Å²) in [5.41, 5.74) is 0.